The molecule has 0 radical (unpaired) electrons. The molecule has 2 fully saturated rings. The summed E-state index contributed by atoms with van der Waals surface area (Å²) >= 11 is 0. The van der Waals surface area contributed by atoms with Crippen LogP contribution in [0, 0.1) is 20.8 Å². The van der Waals surface area contributed by atoms with Gasteiger partial charge in [-0.25, -0.2) is 0 Å². The van der Waals surface area contributed by atoms with Crippen molar-refractivity contribution >= 4 is 0 Å². The zero-order chi connectivity index (χ0) is 13.4. The third kappa shape index (κ3) is 2.56. The van der Waals surface area contributed by atoms with Crippen molar-refractivity contribution in [3.05, 3.63) is 34.4 Å². The molecule has 1 unspecified atom stereocenters. The van der Waals surface area contributed by atoms with Gasteiger partial charge in [-0.2, -0.15) is 0 Å². The normalized spacial score (nSPS) is 24.7. The number of aryl methyl sites for hydroxylation is 3. The molecule has 1 aromatic carbocycles. The van der Waals surface area contributed by atoms with Gasteiger partial charge >= 0.3 is 0 Å². The van der Waals surface area contributed by atoms with Crippen molar-refractivity contribution in [1.29, 1.82) is 0 Å². The monoisotopic (exact) mass is 258 g/mol. The van der Waals surface area contributed by atoms with Crippen LogP contribution in [-0.4, -0.2) is 35.6 Å². The van der Waals surface area contributed by atoms with Gasteiger partial charge in [0, 0.05) is 19.6 Å². The molecular weight excluding hydrogens is 232 g/mol. The van der Waals surface area contributed by atoms with Gasteiger partial charge in [-0.1, -0.05) is 17.7 Å². The van der Waals surface area contributed by atoms with Crippen LogP contribution in [0.25, 0.3) is 0 Å². The Morgan fingerprint density at radius 3 is 2.42 bits per heavy atom. The minimum atomic E-state index is 0.717. The molecule has 0 amide bonds. The van der Waals surface area contributed by atoms with Crippen LogP contribution in [0.1, 0.15) is 41.5 Å². The van der Waals surface area contributed by atoms with Crippen LogP contribution in [0.15, 0.2) is 12.1 Å². The van der Waals surface area contributed by atoms with Gasteiger partial charge < -0.3 is 0 Å². The number of benzene rings is 1. The lowest BCUT2D eigenvalue weighted by Crippen LogP contribution is -2.49. The van der Waals surface area contributed by atoms with Crippen molar-refractivity contribution < 1.29 is 0 Å². The van der Waals surface area contributed by atoms with Crippen LogP contribution < -0.4 is 0 Å². The van der Waals surface area contributed by atoms with E-state index in [0.29, 0.717) is 6.17 Å². The Morgan fingerprint density at radius 1 is 1.00 bits per heavy atom. The first kappa shape index (κ1) is 13.1. The summed E-state index contributed by atoms with van der Waals surface area (Å²) in [6, 6.07) is 4.66. The molecule has 2 nitrogen and oxygen atoms in total. The maximum absolute atomic E-state index is 2.71. The van der Waals surface area contributed by atoms with Crippen LogP contribution in [0.3, 0.4) is 0 Å². The Balaban J connectivity index is 1.81. The van der Waals surface area contributed by atoms with E-state index in [0.717, 1.165) is 6.54 Å². The molecule has 2 saturated heterocycles. The summed E-state index contributed by atoms with van der Waals surface area (Å²) in [5.74, 6) is 0. The highest BCUT2D eigenvalue weighted by atomic mass is 15.4. The fourth-order valence-corrected chi connectivity index (χ4v) is 3.96. The minimum Gasteiger partial charge on any atom is -0.288 e. The minimum absolute atomic E-state index is 0.717. The Kier molecular flexibility index (Phi) is 3.64. The standard InChI is InChI=1S/C17H26N2/c1-13-10-14(2)16(15(3)11-13)12-19-9-5-8-18-7-4-6-17(18)19/h10-11,17H,4-9,12H2,1-3H3. The molecule has 2 aliphatic rings. The molecule has 104 valence electrons. The average Bonchev–Trinajstić information content (AvgIpc) is 2.82. The highest BCUT2D eigenvalue weighted by molar-refractivity contribution is 5.37. The van der Waals surface area contributed by atoms with Gasteiger partial charge in [0.05, 0.1) is 6.17 Å². The molecule has 0 N–H and O–H groups in total. The summed E-state index contributed by atoms with van der Waals surface area (Å²) in [4.78, 5) is 5.39. The molecule has 2 aliphatic heterocycles. The fraction of sp³-hybridized carbons (Fsp3) is 0.647. The molecule has 0 bridgehead atoms. The third-order valence-electron chi connectivity index (χ3n) is 4.84. The van der Waals surface area contributed by atoms with Gasteiger partial charge in [-0.3, -0.25) is 9.80 Å². The Hall–Kier alpha value is -0.860. The highest BCUT2D eigenvalue weighted by Gasteiger charge is 2.32. The summed E-state index contributed by atoms with van der Waals surface area (Å²) < 4.78 is 0. The summed E-state index contributed by atoms with van der Waals surface area (Å²) in [5, 5.41) is 0. The average molecular weight is 258 g/mol. The topological polar surface area (TPSA) is 6.48 Å². The highest BCUT2D eigenvalue weighted by Crippen LogP contribution is 2.28. The predicted molar refractivity (Wildman–Crippen MR) is 80.3 cm³/mol. The molecule has 1 aromatic rings. The number of hydrogen-bond acceptors (Lipinski definition) is 2. The van der Waals surface area contributed by atoms with E-state index in [4.69, 9.17) is 0 Å². The van der Waals surface area contributed by atoms with E-state index in [1.165, 1.54) is 55.6 Å². The molecule has 0 aliphatic carbocycles. The van der Waals surface area contributed by atoms with Crippen LogP contribution in [0.4, 0.5) is 0 Å². The van der Waals surface area contributed by atoms with Gasteiger partial charge in [-0.05, 0) is 63.3 Å². The van der Waals surface area contributed by atoms with Crippen molar-refractivity contribution in [3.63, 3.8) is 0 Å². The molecule has 3 rings (SSSR count). The van der Waals surface area contributed by atoms with Gasteiger partial charge in [-0.15, -0.1) is 0 Å². The van der Waals surface area contributed by atoms with E-state index < -0.39 is 0 Å². The molecular formula is C17H26N2. The zero-order valence-electron chi connectivity index (χ0n) is 12.6. The van der Waals surface area contributed by atoms with Gasteiger partial charge in [0.2, 0.25) is 0 Å². The van der Waals surface area contributed by atoms with Crippen molar-refractivity contribution in [2.24, 2.45) is 0 Å². The largest absolute Gasteiger partial charge is 0.288 e. The summed E-state index contributed by atoms with van der Waals surface area (Å²) in [5.41, 5.74) is 5.87. The Morgan fingerprint density at radius 2 is 1.68 bits per heavy atom. The van der Waals surface area contributed by atoms with Crippen LogP contribution >= 0.6 is 0 Å². The molecule has 0 spiro atoms. The molecule has 0 aromatic heterocycles. The van der Waals surface area contributed by atoms with Gasteiger partial charge in [0.1, 0.15) is 0 Å². The van der Waals surface area contributed by atoms with Gasteiger partial charge in [0.15, 0.2) is 0 Å². The second kappa shape index (κ2) is 5.26. The van der Waals surface area contributed by atoms with Crippen molar-refractivity contribution in [2.45, 2.75) is 52.7 Å². The second-order valence-corrected chi connectivity index (χ2v) is 6.36. The lowest BCUT2D eigenvalue weighted by molar-refractivity contribution is 0.0284. The maximum atomic E-state index is 2.71. The maximum Gasteiger partial charge on any atom is 0.0625 e. The first-order chi connectivity index (χ1) is 9.15. The van der Waals surface area contributed by atoms with Crippen molar-refractivity contribution in [2.75, 3.05) is 19.6 Å². The van der Waals surface area contributed by atoms with Crippen molar-refractivity contribution in [1.82, 2.24) is 9.80 Å². The van der Waals surface area contributed by atoms with E-state index in [9.17, 15) is 0 Å². The smallest absolute Gasteiger partial charge is 0.0625 e. The summed E-state index contributed by atoms with van der Waals surface area (Å²) in [6.07, 6.45) is 4.80. The lowest BCUT2D eigenvalue weighted by atomic mass is 9.99. The Labute approximate surface area is 117 Å². The summed E-state index contributed by atoms with van der Waals surface area (Å²) in [6.45, 7) is 11.8. The van der Waals surface area contributed by atoms with Crippen LogP contribution in [0.5, 0.6) is 0 Å². The first-order valence-electron chi connectivity index (χ1n) is 7.70. The van der Waals surface area contributed by atoms with E-state index in [1.807, 2.05) is 0 Å². The first-order valence-corrected chi connectivity index (χ1v) is 7.70. The van der Waals surface area contributed by atoms with Crippen molar-refractivity contribution in [3.8, 4) is 0 Å². The second-order valence-electron chi connectivity index (χ2n) is 6.36. The summed E-state index contributed by atoms with van der Waals surface area (Å²) in [7, 11) is 0. The molecule has 19 heavy (non-hydrogen) atoms. The zero-order valence-corrected chi connectivity index (χ0v) is 12.6. The SMILES string of the molecule is Cc1cc(C)c(CN2CCCN3CCCC32)c(C)c1. The van der Waals surface area contributed by atoms with E-state index in [2.05, 4.69) is 42.7 Å². The Bertz CT molecular complexity index is 443. The molecule has 2 heteroatoms. The fourth-order valence-electron chi connectivity index (χ4n) is 3.96. The number of hydrogen-bond donors (Lipinski definition) is 0. The van der Waals surface area contributed by atoms with E-state index >= 15 is 0 Å². The van der Waals surface area contributed by atoms with Crippen LogP contribution in [0.2, 0.25) is 0 Å². The number of fused-ring (bicyclic) bond motifs is 1. The molecule has 2 heterocycles. The third-order valence-corrected chi connectivity index (χ3v) is 4.84. The van der Waals surface area contributed by atoms with Gasteiger partial charge in [0.25, 0.3) is 0 Å². The van der Waals surface area contributed by atoms with Crippen LogP contribution in [-0.2, 0) is 6.54 Å². The molecule has 1 atom stereocenters. The predicted octanol–water partition coefficient (Wildman–Crippen LogP) is 3.24. The van der Waals surface area contributed by atoms with E-state index in [-0.39, 0.29) is 0 Å². The molecule has 0 saturated carbocycles. The number of rotatable bonds is 2. The van der Waals surface area contributed by atoms with E-state index in [1.54, 1.807) is 5.56 Å². The number of nitrogens with zero attached hydrogens (tertiary/aromatic N) is 2. The lowest BCUT2D eigenvalue weighted by Gasteiger charge is -2.40. The quantitative estimate of drug-likeness (QED) is 0.803.